The topological polar surface area (TPSA) is 111 Å². The number of nitrogens with zero attached hydrogens (tertiary/aromatic N) is 3. The predicted molar refractivity (Wildman–Crippen MR) is 204 cm³/mol. The van der Waals surface area contributed by atoms with Crippen LogP contribution in [-0.4, -0.2) is 65.9 Å². The number of hydrogen-bond acceptors (Lipinski definition) is 7. The smallest absolute Gasteiger partial charge is 0.286 e. The number of carbonyl (C=O) groups is 2. The van der Waals surface area contributed by atoms with E-state index in [4.69, 9.17) is 25.8 Å². The second-order valence-electron chi connectivity index (χ2n) is 16.2. The summed E-state index contributed by atoms with van der Waals surface area (Å²) in [5.74, 6) is 1.33. The van der Waals surface area contributed by atoms with Crippen LogP contribution in [0.1, 0.15) is 82.5 Å². The van der Waals surface area contributed by atoms with E-state index >= 15 is 0 Å². The molecule has 2 saturated carbocycles. The van der Waals surface area contributed by atoms with Crippen LogP contribution in [0.3, 0.4) is 0 Å². The van der Waals surface area contributed by atoms with Crippen molar-refractivity contribution in [2.75, 3.05) is 44.1 Å². The minimum absolute atomic E-state index is 0.0173. The number of methoxy groups -OCH3 is 1. The van der Waals surface area contributed by atoms with Gasteiger partial charge in [-0.3, -0.25) is 14.3 Å². The zero-order chi connectivity index (χ0) is 36.5. The number of carbonyl (C=O) groups excluding carboxylic acids is 2. The number of ether oxygens (including phenoxy) is 3. The Kier molecular flexibility index (Phi) is 8.99. The number of hydrogen-bond donors (Lipinski definition) is 1. The summed E-state index contributed by atoms with van der Waals surface area (Å²) in [7, 11) is -1.75. The van der Waals surface area contributed by atoms with Gasteiger partial charge in [-0.05, 0) is 109 Å². The van der Waals surface area contributed by atoms with Gasteiger partial charge in [0.2, 0.25) is 0 Å². The summed E-state index contributed by atoms with van der Waals surface area (Å²) in [5, 5.41) is 0.765. The highest BCUT2D eigenvalue weighted by Gasteiger charge is 2.54. The van der Waals surface area contributed by atoms with Gasteiger partial charge in [0.1, 0.15) is 15.7 Å². The van der Waals surface area contributed by atoms with Crippen molar-refractivity contribution >= 4 is 39.0 Å². The van der Waals surface area contributed by atoms with Crippen LogP contribution in [0.4, 0.5) is 5.69 Å². The van der Waals surface area contributed by atoms with Gasteiger partial charge in [-0.15, -0.1) is 4.36 Å². The van der Waals surface area contributed by atoms with Crippen molar-refractivity contribution in [3.05, 3.63) is 93.8 Å². The number of anilines is 1. The SMILES string of the molecule is CO[C@H]1/C=C/C[C@H](C)CS(=O)(NC(=O)c2cc3n(c2)CCOC3)=NC(=O)c2ccc3c(c2)N(C[C@@H]2CC[C@H]21)C[C@]1(CO3)C[C@@H]2CC2c2cc(Cl)ccc21. The lowest BCUT2D eigenvalue weighted by Gasteiger charge is -2.46. The van der Waals surface area contributed by atoms with E-state index in [9.17, 15) is 13.8 Å². The van der Waals surface area contributed by atoms with Crippen molar-refractivity contribution in [3.8, 4) is 5.75 Å². The summed E-state index contributed by atoms with van der Waals surface area (Å²) < 4.78 is 42.0. The predicted octanol–water partition coefficient (Wildman–Crippen LogP) is 6.91. The summed E-state index contributed by atoms with van der Waals surface area (Å²) in [6.45, 7) is 5.62. The molecule has 0 saturated heterocycles. The maximum atomic E-state index is 14.7. The average Bonchev–Trinajstić information content (AvgIpc) is 3.80. The zero-order valence-corrected chi connectivity index (χ0v) is 31.9. The van der Waals surface area contributed by atoms with Crippen molar-refractivity contribution in [3.63, 3.8) is 0 Å². The fourth-order valence-corrected chi connectivity index (χ4v) is 11.7. The Morgan fingerprint density at radius 3 is 2.85 bits per heavy atom. The molecule has 3 aromatic rings. The van der Waals surface area contributed by atoms with Crippen molar-refractivity contribution in [1.29, 1.82) is 0 Å². The molecule has 3 aliphatic carbocycles. The number of nitrogens with one attached hydrogen (secondary N) is 1. The fraction of sp³-hybridized carbons (Fsp3) is 0.512. The molecule has 1 aromatic heterocycles. The van der Waals surface area contributed by atoms with E-state index in [-0.39, 0.29) is 23.2 Å². The highest BCUT2D eigenvalue weighted by molar-refractivity contribution is 7.92. The molecule has 6 aliphatic rings. The molecule has 2 amide bonds. The zero-order valence-electron chi connectivity index (χ0n) is 30.3. The lowest BCUT2D eigenvalue weighted by atomic mass is 9.68. The normalized spacial score (nSPS) is 33.8. The van der Waals surface area contributed by atoms with Crippen LogP contribution in [-0.2, 0) is 38.0 Å². The van der Waals surface area contributed by atoms with Crippen molar-refractivity contribution in [1.82, 2.24) is 9.29 Å². The van der Waals surface area contributed by atoms with E-state index in [1.807, 2.05) is 29.7 Å². The lowest BCUT2D eigenvalue weighted by molar-refractivity contribution is 0.0131. The van der Waals surface area contributed by atoms with Crippen LogP contribution in [0.2, 0.25) is 5.02 Å². The Bertz CT molecular complexity index is 2100. The monoisotopic (exact) mass is 758 g/mol. The standard InChI is InChI=1S/C41H47ClN4O6S/c1-25-4-3-5-37(50-2)32-9-6-27(32)19-46-23-41(18-28-15-33(28)34-17-30(42)8-10-35(34)41)24-52-38-11-7-26(16-36(38)46)39(47)43-53(49,22-25)44-40(48)29-14-31-21-51-13-12-45(31)20-29/h3,5,7-8,10-11,14,16-17,20,25,27-28,32-33,37H,4,6,9,12-13,15,18-19,21-24H2,1-2H3,(H,43,44,47,48,49)/b5-3+/t25-,27-,28-,32+,33?,37-,41-,53?/m0/s1. The third-order valence-corrected chi connectivity index (χ3v) is 14.8. The quantitative estimate of drug-likeness (QED) is 0.289. The van der Waals surface area contributed by atoms with Crippen molar-refractivity contribution in [2.24, 2.45) is 28.0 Å². The molecule has 1 spiro atoms. The van der Waals surface area contributed by atoms with E-state index in [0.717, 1.165) is 54.5 Å². The highest BCUT2D eigenvalue weighted by atomic mass is 35.5. The molecular formula is C41H47ClN4O6S. The van der Waals surface area contributed by atoms with Gasteiger partial charge >= 0.3 is 0 Å². The molecule has 0 radical (unpaired) electrons. The average molecular weight is 759 g/mol. The summed E-state index contributed by atoms with van der Waals surface area (Å²) in [6, 6.07) is 13.5. The van der Waals surface area contributed by atoms with Gasteiger partial charge in [0.25, 0.3) is 11.8 Å². The first-order valence-electron chi connectivity index (χ1n) is 19.0. The molecule has 2 unspecified atom stereocenters. The molecule has 9 rings (SSSR count). The number of fused-ring (bicyclic) bond motifs is 7. The van der Waals surface area contributed by atoms with Gasteiger partial charge in [-0.25, -0.2) is 4.21 Å². The van der Waals surface area contributed by atoms with Crippen LogP contribution in [0.25, 0.3) is 0 Å². The minimum Gasteiger partial charge on any atom is -0.490 e. The third-order valence-electron chi connectivity index (χ3n) is 12.6. The van der Waals surface area contributed by atoms with E-state index in [0.29, 0.717) is 67.6 Å². The molecule has 3 aliphatic heterocycles. The Morgan fingerprint density at radius 2 is 2.04 bits per heavy atom. The molecule has 2 aromatic carbocycles. The first-order valence-corrected chi connectivity index (χ1v) is 21.1. The van der Waals surface area contributed by atoms with Crippen molar-refractivity contribution < 1.29 is 28.0 Å². The van der Waals surface area contributed by atoms with Crippen LogP contribution in [0.15, 0.2) is 65.2 Å². The number of aromatic nitrogens is 1. The second-order valence-corrected chi connectivity index (χ2v) is 18.7. The van der Waals surface area contributed by atoms with Crippen LogP contribution >= 0.6 is 11.6 Å². The first kappa shape index (κ1) is 35.1. The molecule has 10 nitrogen and oxygen atoms in total. The summed E-state index contributed by atoms with van der Waals surface area (Å²) in [4.78, 5) is 30.2. The van der Waals surface area contributed by atoms with E-state index in [1.165, 1.54) is 17.5 Å². The van der Waals surface area contributed by atoms with Crippen LogP contribution < -0.4 is 14.4 Å². The molecule has 1 N–H and O–H groups in total. The summed E-state index contributed by atoms with van der Waals surface area (Å²) in [5.41, 5.74) is 4.80. The molecule has 2 bridgehead atoms. The number of benzene rings is 2. The first-order chi connectivity index (χ1) is 25.6. The maximum Gasteiger partial charge on any atom is 0.286 e. The molecule has 12 heteroatoms. The number of rotatable bonds is 3. The molecule has 4 heterocycles. The molecule has 280 valence electrons. The largest absolute Gasteiger partial charge is 0.490 e. The third kappa shape index (κ3) is 6.61. The summed E-state index contributed by atoms with van der Waals surface area (Å²) in [6.07, 6.45) is 10.9. The van der Waals surface area contributed by atoms with Crippen LogP contribution in [0, 0.1) is 23.7 Å². The van der Waals surface area contributed by atoms with Gasteiger partial charge in [0, 0.05) is 54.6 Å². The van der Waals surface area contributed by atoms with Gasteiger partial charge in [-0.2, -0.15) is 0 Å². The molecule has 2 fully saturated rings. The number of halogens is 1. The Hall–Kier alpha value is -3.64. The highest BCUT2D eigenvalue weighted by Crippen LogP contribution is 2.61. The van der Waals surface area contributed by atoms with E-state index < -0.39 is 21.7 Å². The Morgan fingerprint density at radius 1 is 1.15 bits per heavy atom. The summed E-state index contributed by atoms with van der Waals surface area (Å²) >= 11 is 6.55. The van der Waals surface area contributed by atoms with E-state index in [2.05, 4.69) is 38.3 Å². The second kappa shape index (κ2) is 13.6. The van der Waals surface area contributed by atoms with Crippen molar-refractivity contribution in [2.45, 2.75) is 69.6 Å². The maximum absolute atomic E-state index is 14.7. The Labute approximate surface area is 316 Å². The molecule has 8 atom stereocenters. The van der Waals surface area contributed by atoms with Gasteiger partial charge in [0.05, 0.1) is 42.9 Å². The van der Waals surface area contributed by atoms with E-state index in [1.54, 1.807) is 25.4 Å². The van der Waals surface area contributed by atoms with Gasteiger partial charge in [0.15, 0.2) is 0 Å². The van der Waals surface area contributed by atoms with Gasteiger partial charge < -0.3 is 23.7 Å². The lowest BCUT2D eigenvalue weighted by Crippen LogP contribution is -2.49. The minimum atomic E-state index is -3.53. The van der Waals surface area contributed by atoms with Crippen LogP contribution in [0.5, 0.6) is 5.75 Å². The molecule has 53 heavy (non-hydrogen) atoms. The fourth-order valence-electron chi connectivity index (χ4n) is 9.64. The van der Waals surface area contributed by atoms with Gasteiger partial charge in [-0.1, -0.05) is 36.7 Å². The number of amides is 2. The Balaban J connectivity index is 1.10. The number of allylic oxidation sites excluding steroid dienone is 1. The molecular weight excluding hydrogens is 712 g/mol.